The Labute approximate surface area is 101 Å². The van der Waals surface area contributed by atoms with Gasteiger partial charge in [0.25, 0.3) is 0 Å². The van der Waals surface area contributed by atoms with E-state index < -0.39 is 0 Å². The number of hydrogen-bond acceptors (Lipinski definition) is 0. The van der Waals surface area contributed by atoms with Crippen LogP contribution in [0.3, 0.4) is 0 Å². The molecule has 0 aromatic heterocycles. The van der Waals surface area contributed by atoms with Gasteiger partial charge in [0.2, 0.25) is 0 Å². The Hall–Kier alpha value is -0.720. The third-order valence-corrected chi connectivity index (χ3v) is 2.66. The van der Waals surface area contributed by atoms with Gasteiger partial charge in [0.05, 0.1) is 0 Å². The predicted octanol–water partition coefficient (Wildman–Crippen LogP) is 5.48. The van der Waals surface area contributed by atoms with Gasteiger partial charge in [-0.25, -0.2) is 0 Å². The van der Waals surface area contributed by atoms with Crippen LogP contribution in [0.1, 0.15) is 19.4 Å². The second-order valence-electron chi connectivity index (χ2n) is 3.06. The summed E-state index contributed by atoms with van der Waals surface area (Å²) in [7, 11) is 0. The molecular weight excluding hydrogens is 227 g/mol. The van der Waals surface area contributed by atoms with Crippen LogP contribution in [0.4, 0.5) is 0 Å². The van der Waals surface area contributed by atoms with Gasteiger partial charge in [-0.15, -0.1) is 0 Å². The van der Waals surface area contributed by atoms with Crippen molar-refractivity contribution in [1.82, 2.24) is 0 Å². The molecule has 0 heterocycles. The molecule has 80 valence electrons. The molecule has 0 saturated carbocycles. The monoisotopic (exact) mass is 240 g/mol. The fourth-order valence-corrected chi connectivity index (χ4v) is 2.02. The number of benzene rings is 2. The number of halogens is 2. The SMILES string of the molecule is CC.Cc1cccc2c(Cl)cc(Cl)cc12. The first-order valence-electron chi connectivity index (χ1n) is 5.03. The molecular formula is C13H14Cl2. The Balaban J connectivity index is 0.000000531. The van der Waals surface area contributed by atoms with Crippen LogP contribution in [-0.2, 0) is 0 Å². The van der Waals surface area contributed by atoms with Gasteiger partial charge >= 0.3 is 0 Å². The van der Waals surface area contributed by atoms with Crippen LogP contribution < -0.4 is 0 Å². The highest BCUT2D eigenvalue weighted by molar-refractivity contribution is 6.38. The van der Waals surface area contributed by atoms with Gasteiger partial charge in [0.1, 0.15) is 0 Å². The third kappa shape index (κ3) is 2.64. The summed E-state index contributed by atoms with van der Waals surface area (Å²) in [5.41, 5.74) is 1.20. The standard InChI is InChI=1S/C11H8Cl2.C2H6/c1-7-3-2-4-9-10(7)5-8(12)6-11(9)13;1-2/h2-6H,1H3;1-2H3. The Bertz CT molecular complexity index is 461. The second-order valence-corrected chi connectivity index (χ2v) is 3.90. The molecule has 0 spiro atoms. The van der Waals surface area contributed by atoms with Crippen LogP contribution in [0.15, 0.2) is 30.3 Å². The molecule has 0 amide bonds. The smallest absolute Gasteiger partial charge is 0.0499 e. The fraction of sp³-hybridized carbons (Fsp3) is 0.231. The topological polar surface area (TPSA) is 0 Å². The molecule has 0 fully saturated rings. The van der Waals surface area contributed by atoms with Crippen molar-refractivity contribution in [3.05, 3.63) is 45.9 Å². The van der Waals surface area contributed by atoms with E-state index in [-0.39, 0.29) is 0 Å². The average molecular weight is 241 g/mol. The largest absolute Gasteiger partial charge is 0.0843 e. The minimum atomic E-state index is 0.687. The molecule has 2 rings (SSSR count). The Morgan fingerprint density at radius 2 is 1.60 bits per heavy atom. The summed E-state index contributed by atoms with van der Waals surface area (Å²) in [6, 6.07) is 9.76. The van der Waals surface area contributed by atoms with Crippen LogP contribution in [0, 0.1) is 6.92 Å². The van der Waals surface area contributed by atoms with Crippen molar-refractivity contribution in [1.29, 1.82) is 0 Å². The van der Waals surface area contributed by atoms with E-state index in [9.17, 15) is 0 Å². The minimum Gasteiger partial charge on any atom is -0.0843 e. The Morgan fingerprint density at radius 3 is 2.27 bits per heavy atom. The number of fused-ring (bicyclic) bond motifs is 1. The summed E-state index contributed by atoms with van der Waals surface area (Å²) in [4.78, 5) is 0. The van der Waals surface area contributed by atoms with E-state index in [0.29, 0.717) is 10.0 Å². The first-order chi connectivity index (χ1) is 7.18. The molecule has 0 aliphatic rings. The Morgan fingerprint density at radius 1 is 0.933 bits per heavy atom. The molecule has 0 nitrogen and oxygen atoms in total. The lowest BCUT2D eigenvalue weighted by atomic mass is 10.1. The summed E-state index contributed by atoms with van der Waals surface area (Å²) in [5, 5.41) is 3.59. The van der Waals surface area contributed by atoms with E-state index in [0.717, 1.165) is 10.8 Å². The molecule has 0 saturated heterocycles. The summed E-state index contributed by atoms with van der Waals surface area (Å²) in [6.45, 7) is 6.05. The van der Waals surface area contributed by atoms with Crippen LogP contribution in [-0.4, -0.2) is 0 Å². The van der Waals surface area contributed by atoms with Crippen molar-refractivity contribution in [2.45, 2.75) is 20.8 Å². The van der Waals surface area contributed by atoms with E-state index in [1.165, 1.54) is 5.56 Å². The highest BCUT2D eigenvalue weighted by atomic mass is 35.5. The van der Waals surface area contributed by atoms with Crippen molar-refractivity contribution >= 4 is 34.0 Å². The maximum Gasteiger partial charge on any atom is 0.0499 e. The first-order valence-corrected chi connectivity index (χ1v) is 5.78. The second kappa shape index (κ2) is 5.39. The van der Waals surface area contributed by atoms with Crippen molar-refractivity contribution in [2.75, 3.05) is 0 Å². The van der Waals surface area contributed by atoms with E-state index in [1.54, 1.807) is 6.07 Å². The predicted molar refractivity (Wildman–Crippen MR) is 70.1 cm³/mol. The van der Waals surface area contributed by atoms with Gasteiger partial charge in [0, 0.05) is 15.4 Å². The molecule has 0 atom stereocenters. The van der Waals surface area contributed by atoms with Crippen LogP contribution >= 0.6 is 23.2 Å². The van der Waals surface area contributed by atoms with Gasteiger partial charge in [-0.1, -0.05) is 55.2 Å². The zero-order valence-corrected chi connectivity index (χ0v) is 10.7. The van der Waals surface area contributed by atoms with Gasteiger partial charge in [0.15, 0.2) is 0 Å². The van der Waals surface area contributed by atoms with Crippen LogP contribution in [0.25, 0.3) is 10.8 Å². The average Bonchev–Trinajstić information content (AvgIpc) is 2.23. The van der Waals surface area contributed by atoms with Crippen molar-refractivity contribution in [3.63, 3.8) is 0 Å². The number of aryl methyl sites for hydroxylation is 1. The van der Waals surface area contributed by atoms with Crippen molar-refractivity contribution in [3.8, 4) is 0 Å². The fourth-order valence-electron chi connectivity index (χ4n) is 1.46. The molecule has 2 heteroatoms. The lowest BCUT2D eigenvalue weighted by Gasteiger charge is -2.04. The van der Waals surface area contributed by atoms with Gasteiger partial charge in [-0.05, 0) is 30.0 Å². The van der Waals surface area contributed by atoms with Gasteiger partial charge in [-0.2, -0.15) is 0 Å². The molecule has 0 bridgehead atoms. The van der Waals surface area contributed by atoms with E-state index >= 15 is 0 Å². The Kier molecular flexibility index (Phi) is 4.44. The van der Waals surface area contributed by atoms with Crippen molar-refractivity contribution < 1.29 is 0 Å². The zero-order valence-electron chi connectivity index (χ0n) is 9.14. The van der Waals surface area contributed by atoms with Gasteiger partial charge < -0.3 is 0 Å². The zero-order chi connectivity index (χ0) is 11.4. The van der Waals surface area contributed by atoms with Crippen LogP contribution in [0.2, 0.25) is 10.0 Å². The van der Waals surface area contributed by atoms with Crippen molar-refractivity contribution in [2.24, 2.45) is 0 Å². The molecule has 0 aliphatic heterocycles. The third-order valence-electron chi connectivity index (χ3n) is 2.13. The molecule has 0 radical (unpaired) electrons. The van der Waals surface area contributed by atoms with E-state index in [1.807, 2.05) is 32.0 Å². The van der Waals surface area contributed by atoms with E-state index in [4.69, 9.17) is 23.2 Å². The summed E-state index contributed by atoms with van der Waals surface area (Å²) in [6.07, 6.45) is 0. The molecule has 0 unspecified atom stereocenters. The lowest BCUT2D eigenvalue weighted by Crippen LogP contribution is -1.79. The lowest BCUT2D eigenvalue weighted by molar-refractivity contribution is 1.50. The molecule has 2 aromatic rings. The summed E-state index contributed by atoms with van der Waals surface area (Å²) >= 11 is 12.0. The minimum absolute atomic E-state index is 0.687. The highest BCUT2D eigenvalue weighted by Crippen LogP contribution is 2.29. The summed E-state index contributed by atoms with van der Waals surface area (Å²) in [5.74, 6) is 0. The highest BCUT2D eigenvalue weighted by Gasteiger charge is 2.02. The molecule has 2 aromatic carbocycles. The normalized spacial score (nSPS) is 9.67. The molecule has 0 N–H and O–H groups in total. The van der Waals surface area contributed by atoms with Crippen LogP contribution in [0.5, 0.6) is 0 Å². The summed E-state index contributed by atoms with van der Waals surface area (Å²) < 4.78 is 0. The van der Waals surface area contributed by atoms with E-state index in [2.05, 4.69) is 13.0 Å². The maximum atomic E-state index is 6.05. The maximum absolute atomic E-state index is 6.05. The first kappa shape index (κ1) is 12.4. The number of hydrogen-bond donors (Lipinski definition) is 0. The quantitative estimate of drug-likeness (QED) is 0.572. The van der Waals surface area contributed by atoms with Gasteiger partial charge in [-0.3, -0.25) is 0 Å². The molecule has 15 heavy (non-hydrogen) atoms. The molecule has 0 aliphatic carbocycles. The number of rotatable bonds is 0.